The number of aromatic nitrogens is 2. The summed E-state index contributed by atoms with van der Waals surface area (Å²) in [6.45, 7) is 4.94. The minimum Gasteiger partial charge on any atom is -0.345 e. The van der Waals surface area contributed by atoms with E-state index in [1.807, 2.05) is 12.4 Å². The molecule has 21 heavy (non-hydrogen) atoms. The lowest BCUT2D eigenvalue weighted by Gasteiger charge is -2.19. The molecule has 1 amide bonds. The van der Waals surface area contributed by atoms with E-state index in [9.17, 15) is 9.59 Å². The Bertz CT molecular complexity index is 678. The van der Waals surface area contributed by atoms with E-state index in [-0.39, 0.29) is 11.5 Å². The van der Waals surface area contributed by atoms with Crippen LogP contribution in [0.4, 0.5) is 0 Å². The van der Waals surface area contributed by atoms with Crippen molar-refractivity contribution in [1.82, 2.24) is 14.3 Å². The Balaban J connectivity index is 1.90. The van der Waals surface area contributed by atoms with Gasteiger partial charge in [-0.3, -0.25) is 14.0 Å². The van der Waals surface area contributed by atoms with Gasteiger partial charge >= 0.3 is 0 Å². The second-order valence-electron chi connectivity index (χ2n) is 5.30. The molecule has 0 bridgehead atoms. The Kier molecular flexibility index (Phi) is 5.41. The van der Waals surface area contributed by atoms with E-state index in [1.54, 1.807) is 11.1 Å². The normalized spacial score (nSPS) is 11.2. The molecule has 0 aliphatic carbocycles. The molecule has 0 atom stereocenters. The van der Waals surface area contributed by atoms with E-state index >= 15 is 0 Å². The minimum absolute atomic E-state index is 0.0693. The molecule has 0 N–H and O–H groups in total. The van der Waals surface area contributed by atoms with Gasteiger partial charge in [0.2, 0.25) is 5.91 Å². The molecule has 0 radical (unpaired) electrons. The van der Waals surface area contributed by atoms with Crippen LogP contribution in [-0.2, 0) is 10.5 Å². The average Bonchev–Trinajstić information content (AvgIpc) is 2.86. The molecule has 0 saturated carbocycles. The predicted octanol–water partition coefficient (Wildman–Crippen LogP) is 2.10. The zero-order valence-electron chi connectivity index (χ0n) is 12.4. The second kappa shape index (κ2) is 7.09. The van der Waals surface area contributed by atoms with Crippen LogP contribution in [0.3, 0.4) is 0 Å². The lowest BCUT2D eigenvalue weighted by molar-refractivity contribution is -0.127. The highest BCUT2D eigenvalue weighted by Crippen LogP contribution is 2.13. The molecule has 0 aromatic carbocycles. The SMILES string of the molecule is CC(C)CN(C)C(=O)CSCc1cc(=O)n2ccsc2n1. The summed E-state index contributed by atoms with van der Waals surface area (Å²) in [5.41, 5.74) is 0.659. The zero-order valence-corrected chi connectivity index (χ0v) is 14.0. The number of rotatable bonds is 6. The van der Waals surface area contributed by atoms with E-state index < -0.39 is 0 Å². The van der Waals surface area contributed by atoms with Crippen LogP contribution in [0.1, 0.15) is 19.5 Å². The van der Waals surface area contributed by atoms with E-state index in [0.717, 1.165) is 12.2 Å². The average molecular weight is 325 g/mol. The van der Waals surface area contributed by atoms with Crippen molar-refractivity contribution in [2.24, 2.45) is 5.92 Å². The molecular formula is C14H19N3O2S2. The summed E-state index contributed by atoms with van der Waals surface area (Å²) in [6, 6.07) is 1.54. The van der Waals surface area contributed by atoms with Crippen molar-refractivity contribution in [3.63, 3.8) is 0 Å². The summed E-state index contributed by atoms with van der Waals surface area (Å²) in [5.74, 6) is 1.56. The third kappa shape index (κ3) is 4.31. The number of amides is 1. The van der Waals surface area contributed by atoms with Crippen molar-refractivity contribution in [3.8, 4) is 0 Å². The van der Waals surface area contributed by atoms with Crippen molar-refractivity contribution in [2.45, 2.75) is 19.6 Å². The first-order chi connectivity index (χ1) is 9.97. The molecule has 2 aromatic rings. The molecule has 0 aliphatic heterocycles. The molecule has 114 valence electrons. The number of thioether (sulfide) groups is 1. The monoisotopic (exact) mass is 325 g/mol. The maximum atomic E-state index is 11.9. The van der Waals surface area contributed by atoms with Crippen LogP contribution >= 0.6 is 23.1 Å². The number of carbonyl (C=O) groups is 1. The number of carbonyl (C=O) groups excluding carboxylic acids is 1. The molecule has 2 heterocycles. The van der Waals surface area contributed by atoms with Crippen molar-refractivity contribution >= 4 is 34.0 Å². The summed E-state index contributed by atoms with van der Waals surface area (Å²) in [7, 11) is 1.82. The van der Waals surface area contributed by atoms with Gasteiger partial charge in [-0.2, -0.15) is 0 Å². The zero-order chi connectivity index (χ0) is 15.4. The van der Waals surface area contributed by atoms with Gasteiger partial charge in [0.1, 0.15) is 0 Å². The lowest BCUT2D eigenvalue weighted by Crippen LogP contribution is -2.31. The first-order valence-corrected chi connectivity index (χ1v) is 8.78. The Morgan fingerprint density at radius 3 is 3.00 bits per heavy atom. The second-order valence-corrected chi connectivity index (χ2v) is 7.16. The maximum Gasteiger partial charge on any atom is 0.258 e. The van der Waals surface area contributed by atoms with Crippen LogP contribution < -0.4 is 5.56 Å². The Morgan fingerprint density at radius 1 is 1.52 bits per heavy atom. The van der Waals surface area contributed by atoms with Gasteiger partial charge in [0, 0.05) is 37.0 Å². The molecule has 0 aliphatic rings. The van der Waals surface area contributed by atoms with Gasteiger partial charge in [-0.15, -0.1) is 23.1 Å². The number of nitrogens with zero attached hydrogens (tertiary/aromatic N) is 3. The summed E-state index contributed by atoms with van der Waals surface area (Å²) < 4.78 is 1.53. The molecule has 2 rings (SSSR count). The third-order valence-electron chi connectivity index (χ3n) is 2.90. The standard InChI is InChI=1S/C14H19N3O2S2/c1-10(2)7-16(3)13(19)9-20-8-11-6-12(18)17-4-5-21-14(17)15-11/h4-6,10H,7-9H2,1-3H3. The van der Waals surface area contributed by atoms with Gasteiger partial charge in [-0.1, -0.05) is 13.8 Å². The molecule has 2 aromatic heterocycles. The minimum atomic E-state index is -0.0693. The van der Waals surface area contributed by atoms with Crippen LogP contribution in [0.2, 0.25) is 0 Å². The molecule has 0 unspecified atom stereocenters. The van der Waals surface area contributed by atoms with Crippen LogP contribution in [0.15, 0.2) is 22.4 Å². The Morgan fingerprint density at radius 2 is 2.29 bits per heavy atom. The summed E-state index contributed by atoms with van der Waals surface area (Å²) in [4.78, 5) is 30.6. The molecule has 5 nitrogen and oxygen atoms in total. The van der Waals surface area contributed by atoms with Gasteiger partial charge in [0.05, 0.1) is 11.4 Å². The van der Waals surface area contributed by atoms with E-state index in [4.69, 9.17) is 0 Å². The Labute approximate surface area is 132 Å². The number of hydrogen-bond acceptors (Lipinski definition) is 5. The molecule has 7 heteroatoms. The van der Waals surface area contributed by atoms with Gasteiger partial charge in [0.25, 0.3) is 5.56 Å². The van der Waals surface area contributed by atoms with Crippen molar-refractivity contribution in [2.75, 3.05) is 19.3 Å². The number of thiazole rings is 1. The largest absolute Gasteiger partial charge is 0.345 e. The molecule has 0 saturated heterocycles. The molecular weight excluding hydrogens is 306 g/mol. The first kappa shape index (κ1) is 16.0. The summed E-state index contributed by atoms with van der Waals surface area (Å²) in [5, 5.41) is 1.84. The smallest absolute Gasteiger partial charge is 0.258 e. The van der Waals surface area contributed by atoms with Crippen LogP contribution in [0.5, 0.6) is 0 Å². The highest BCUT2D eigenvalue weighted by atomic mass is 32.2. The van der Waals surface area contributed by atoms with Crippen molar-refractivity contribution in [1.29, 1.82) is 0 Å². The number of hydrogen-bond donors (Lipinski definition) is 0. The molecule has 0 fully saturated rings. The van der Waals surface area contributed by atoms with E-state index in [0.29, 0.717) is 22.4 Å². The highest BCUT2D eigenvalue weighted by Gasteiger charge is 2.11. The van der Waals surface area contributed by atoms with Crippen LogP contribution in [0.25, 0.3) is 4.96 Å². The van der Waals surface area contributed by atoms with Crippen LogP contribution in [-0.4, -0.2) is 39.5 Å². The van der Waals surface area contributed by atoms with Gasteiger partial charge in [0.15, 0.2) is 4.96 Å². The fourth-order valence-electron chi connectivity index (χ4n) is 1.96. The van der Waals surface area contributed by atoms with Gasteiger partial charge < -0.3 is 4.90 Å². The van der Waals surface area contributed by atoms with Gasteiger partial charge in [-0.05, 0) is 5.92 Å². The van der Waals surface area contributed by atoms with E-state index in [2.05, 4.69) is 18.8 Å². The van der Waals surface area contributed by atoms with Crippen molar-refractivity contribution < 1.29 is 4.79 Å². The van der Waals surface area contributed by atoms with Crippen molar-refractivity contribution in [3.05, 3.63) is 33.7 Å². The topological polar surface area (TPSA) is 54.7 Å². The maximum absolute atomic E-state index is 11.9. The highest BCUT2D eigenvalue weighted by molar-refractivity contribution is 7.99. The predicted molar refractivity (Wildman–Crippen MR) is 88.0 cm³/mol. The third-order valence-corrected chi connectivity index (χ3v) is 4.60. The summed E-state index contributed by atoms with van der Waals surface area (Å²) >= 11 is 2.93. The number of fused-ring (bicyclic) bond motifs is 1. The van der Waals surface area contributed by atoms with Gasteiger partial charge in [-0.25, -0.2) is 4.98 Å². The quantitative estimate of drug-likeness (QED) is 0.816. The van der Waals surface area contributed by atoms with Crippen LogP contribution in [0, 0.1) is 5.92 Å². The first-order valence-electron chi connectivity index (χ1n) is 6.75. The molecule has 0 spiro atoms. The fraction of sp³-hybridized carbons (Fsp3) is 0.500. The Hall–Kier alpha value is -1.34. The fourth-order valence-corrected chi connectivity index (χ4v) is 3.56. The lowest BCUT2D eigenvalue weighted by atomic mass is 10.2. The van der Waals surface area contributed by atoms with E-state index in [1.165, 1.54) is 33.6 Å². The summed E-state index contributed by atoms with van der Waals surface area (Å²) in [6.07, 6.45) is 1.72.